The summed E-state index contributed by atoms with van der Waals surface area (Å²) >= 11 is 1.10. The third-order valence-electron chi connectivity index (χ3n) is 4.48. The molecule has 1 heterocycles. The first kappa shape index (κ1) is 22.2. The molecule has 0 bridgehead atoms. The third kappa shape index (κ3) is 5.58. The Bertz CT molecular complexity index is 1170. The molecule has 0 radical (unpaired) electrons. The van der Waals surface area contributed by atoms with Crippen molar-refractivity contribution in [1.29, 1.82) is 0 Å². The van der Waals surface area contributed by atoms with Gasteiger partial charge in [0, 0.05) is 18.2 Å². The minimum atomic E-state index is -0.508. The lowest BCUT2D eigenvalue weighted by Crippen LogP contribution is -2.23. The fourth-order valence-electron chi connectivity index (χ4n) is 2.86. The van der Waals surface area contributed by atoms with Crippen LogP contribution in [0.3, 0.4) is 0 Å². The Labute approximate surface area is 183 Å². The minimum absolute atomic E-state index is 0.0913. The van der Waals surface area contributed by atoms with E-state index in [1.165, 1.54) is 6.92 Å². The summed E-state index contributed by atoms with van der Waals surface area (Å²) in [5.41, 5.74) is 3.22. The number of aromatic amines is 1. The monoisotopic (exact) mass is 437 g/mol. The number of benzene rings is 2. The molecule has 3 rings (SSSR count). The van der Waals surface area contributed by atoms with Crippen LogP contribution >= 0.6 is 11.8 Å². The number of thioether (sulfide) groups is 1. The number of amides is 2. The minimum Gasteiger partial charge on any atom is -0.325 e. The summed E-state index contributed by atoms with van der Waals surface area (Å²) in [7, 11) is 0. The summed E-state index contributed by atoms with van der Waals surface area (Å²) in [5.74, 6) is -0.465. The predicted molar refractivity (Wildman–Crippen MR) is 122 cm³/mol. The molecule has 160 valence electrons. The first-order chi connectivity index (χ1) is 14.7. The Kier molecular flexibility index (Phi) is 6.86. The van der Waals surface area contributed by atoms with Crippen LogP contribution in [0.15, 0.2) is 52.4 Å². The Hall–Kier alpha value is -3.46. The predicted octanol–water partition coefficient (Wildman–Crippen LogP) is 3.53. The quantitative estimate of drug-likeness (QED) is 0.508. The van der Waals surface area contributed by atoms with Gasteiger partial charge in [-0.15, -0.1) is 10.2 Å². The van der Waals surface area contributed by atoms with Crippen LogP contribution in [0.1, 0.15) is 25.0 Å². The number of nitrogens with zero attached hydrogens (tertiary/aromatic N) is 2. The van der Waals surface area contributed by atoms with Crippen LogP contribution in [0, 0.1) is 13.8 Å². The lowest BCUT2D eigenvalue weighted by Gasteiger charge is -2.13. The molecule has 2 amide bonds. The van der Waals surface area contributed by atoms with Crippen molar-refractivity contribution in [1.82, 2.24) is 15.2 Å². The average Bonchev–Trinajstić information content (AvgIpc) is 2.71. The lowest BCUT2D eigenvalue weighted by atomic mass is 10.1. The normalized spacial score (nSPS) is 11.6. The van der Waals surface area contributed by atoms with E-state index in [4.69, 9.17) is 0 Å². The van der Waals surface area contributed by atoms with Crippen molar-refractivity contribution in [2.45, 2.75) is 38.1 Å². The molecule has 9 heteroatoms. The highest BCUT2D eigenvalue weighted by Gasteiger charge is 2.19. The summed E-state index contributed by atoms with van der Waals surface area (Å²) in [6.07, 6.45) is 0. The summed E-state index contributed by atoms with van der Waals surface area (Å²) in [6.45, 7) is 6.92. The van der Waals surface area contributed by atoms with Crippen LogP contribution in [-0.4, -0.2) is 32.2 Å². The van der Waals surface area contributed by atoms with E-state index in [9.17, 15) is 14.4 Å². The van der Waals surface area contributed by atoms with Crippen molar-refractivity contribution in [2.24, 2.45) is 0 Å². The van der Waals surface area contributed by atoms with Crippen molar-refractivity contribution in [2.75, 3.05) is 10.6 Å². The standard InChI is InChI=1S/C22H23N5O3S/c1-12-8-10-16(11-9-12)24-20(29)14(3)31-22-25-21(30)19(26-27-22)17-7-5-6-13(2)18(17)23-15(4)28/h5-11,14H,1-4H3,(H,23,28)(H,24,29)(H,25,27,30)/t14-/m1/s1. The van der Waals surface area contributed by atoms with Gasteiger partial charge in [0.05, 0.1) is 10.9 Å². The molecule has 3 N–H and O–H groups in total. The summed E-state index contributed by atoms with van der Waals surface area (Å²) in [5, 5.41) is 13.4. The van der Waals surface area contributed by atoms with E-state index in [1.807, 2.05) is 44.2 Å². The van der Waals surface area contributed by atoms with Gasteiger partial charge in [-0.25, -0.2) is 0 Å². The van der Waals surface area contributed by atoms with Gasteiger partial charge in [0.2, 0.25) is 11.8 Å². The lowest BCUT2D eigenvalue weighted by molar-refractivity contribution is -0.115. The second kappa shape index (κ2) is 9.57. The molecule has 0 saturated heterocycles. The van der Waals surface area contributed by atoms with E-state index in [2.05, 4.69) is 25.8 Å². The highest BCUT2D eigenvalue weighted by atomic mass is 32.2. The number of hydrogen-bond donors (Lipinski definition) is 3. The molecule has 0 aliphatic heterocycles. The number of aromatic nitrogens is 3. The van der Waals surface area contributed by atoms with E-state index >= 15 is 0 Å². The second-order valence-electron chi connectivity index (χ2n) is 7.10. The van der Waals surface area contributed by atoms with Crippen LogP contribution in [0.4, 0.5) is 11.4 Å². The number of nitrogens with one attached hydrogen (secondary N) is 3. The summed E-state index contributed by atoms with van der Waals surface area (Å²) < 4.78 is 0. The molecular weight excluding hydrogens is 414 g/mol. The number of para-hydroxylation sites is 1. The van der Waals surface area contributed by atoms with Crippen LogP contribution in [0.5, 0.6) is 0 Å². The number of H-pyrrole nitrogens is 1. The Morgan fingerprint density at radius 2 is 1.74 bits per heavy atom. The van der Waals surface area contributed by atoms with Crippen molar-refractivity contribution in [3.05, 3.63) is 63.9 Å². The van der Waals surface area contributed by atoms with Gasteiger partial charge in [0.1, 0.15) is 0 Å². The molecule has 0 spiro atoms. The number of carbonyl (C=O) groups excluding carboxylic acids is 2. The van der Waals surface area contributed by atoms with Crippen LogP contribution in [-0.2, 0) is 9.59 Å². The second-order valence-corrected chi connectivity index (χ2v) is 8.43. The van der Waals surface area contributed by atoms with E-state index in [-0.39, 0.29) is 22.7 Å². The molecule has 0 fully saturated rings. The van der Waals surface area contributed by atoms with Gasteiger partial charge in [-0.3, -0.25) is 19.4 Å². The fraction of sp³-hybridized carbons (Fsp3) is 0.227. The van der Waals surface area contributed by atoms with Crippen molar-refractivity contribution in [3.8, 4) is 11.3 Å². The molecule has 3 aromatic rings. The highest BCUT2D eigenvalue weighted by molar-refractivity contribution is 8.00. The van der Waals surface area contributed by atoms with Crippen molar-refractivity contribution >= 4 is 35.0 Å². The third-order valence-corrected chi connectivity index (χ3v) is 5.46. The van der Waals surface area contributed by atoms with Gasteiger partial charge in [0.15, 0.2) is 10.9 Å². The van der Waals surface area contributed by atoms with E-state index in [0.717, 1.165) is 22.9 Å². The fourth-order valence-corrected chi connectivity index (χ4v) is 3.60. The Morgan fingerprint density at radius 3 is 2.39 bits per heavy atom. The van der Waals surface area contributed by atoms with Gasteiger partial charge in [-0.1, -0.05) is 47.7 Å². The van der Waals surface area contributed by atoms with Gasteiger partial charge in [-0.05, 0) is 38.5 Å². The molecule has 0 aliphatic rings. The van der Waals surface area contributed by atoms with E-state index in [0.29, 0.717) is 16.9 Å². The molecule has 0 saturated carbocycles. The molecule has 0 aliphatic carbocycles. The number of anilines is 2. The smallest absolute Gasteiger partial charge is 0.278 e. The molecule has 8 nitrogen and oxygen atoms in total. The number of rotatable bonds is 6. The van der Waals surface area contributed by atoms with Gasteiger partial charge in [-0.2, -0.15) is 0 Å². The Balaban J connectivity index is 1.78. The van der Waals surface area contributed by atoms with Crippen LogP contribution in [0.25, 0.3) is 11.3 Å². The largest absolute Gasteiger partial charge is 0.325 e. The molecule has 2 aromatic carbocycles. The highest BCUT2D eigenvalue weighted by Crippen LogP contribution is 2.28. The molecule has 31 heavy (non-hydrogen) atoms. The van der Waals surface area contributed by atoms with Gasteiger partial charge < -0.3 is 10.6 Å². The molecule has 1 aromatic heterocycles. The first-order valence-corrected chi connectivity index (χ1v) is 10.5. The zero-order valence-electron chi connectivity index (χ0n) is 17.6. The van der Waals surface area contributed by atoms with Crippen molar-refractivity contribution in [3.63, 3.8) is 0 Å². The number of carbonyl (C=O) groups is 2. The maximum absolute atomic E-state index is 12.7. The first-order valence-electron chi connectivity index (χ1n) is 9.63. The number of hydrogen-bond acceptors (Lipinski definition) is 6. The number of aryl methyl sites for hydroxylation is 2. The molecular formula is C22H23N5O3S. The molecule has 0 unspecified atom stereocenters. The summed E-state index contributed by atoms with van der Waals surface area (Å²) in [4.78, 5) is 39.3. The zero-order chi connectivity index (χ0) is 22.5. The average molecular weight is 438 g/mol. The summed E-state index contributed by atoms with van der Waals surface area (Å²) in [6, 6.07) is 12.8. The molecule has 1 atom stereocenters. The van der Waals surface area contributed by atoms with Crippen molar-refractivity contribution < 1.29 is 9.59 Å². The Morgan fingerprint density at radius 1 is 1.03 bits per heavy atom. The maximum Gasteiger partial charge on any atom is 0.278 e. The topological polar surface area (TPSA) is 117 Å². The SMILES string of the molecule is CC(=O)Nc1c(C)cccc1-c1nnc(S[C@H](C)C(=O)Nc2ccc(C)cc2)[nH]c1=O. The zero-order valence-corrected chi connectivity index (χ0v) is 18.5. The van der Waals surface area contributed by atoms with E-state index in [1.54, 1.807) is 19.1 Å². The van der Waals surface area contributed by atoms with Crippen LogP contribution < -0.4 is 16.2 Å². The van der Waals surface area contributed by atoms with Gasteiger partial charge in [0.25, 0.3) is 5.56 Å². The van der Waals surface area contributed by atoms with Crippen LogP contribution in [0.2, 0.25) is 0 Å². The maximum atomic E-state index is 12.7. The van der Waals surface area contributed by atoms with Gasteiger partial charge >= 0.3 is 0 Å². The van der Waals surface area contributed by atoms with E-state index < -0.39 is 10.8 Å².